The zero-order valence-electron chi connectivity index (χ0n) is 23.4. The molecule has 1 aromatic carbocycles. The molecule has 0 aliphatic carbocycles. The average molecular weight is 624 g/mol. The number of thioether (sulfide) groups is 1. The molecule has 0 saturated carbocycles. The van der Waals surface area contributed by atoms with Gasteiger partial charge in [0.2, 0.25) is 0 Å². The van der Waals surface area contributed by atoms with Gasteiger partial charge in [-0.1, -0.05) is 54.3 Å². The van der Waals surface area contributed by atoms with Crippen molar-refractivity contribution in [2.45, 2.75) is 76.2 Å². The van der Waals surface area contributed by atoms with Gasteiger partial charge in [-0.2, -0.15) is 0 Å². The number of amides is 1. The third kappa shape index (κ3) is 8.24. The Kier molecular flexibility index (Phi) is 10.8. The van der Waals surface area contributed by atoms with Crippen LogP contribution in [0, 0.1) is 11.7 Å². The van der Waals surface area contributed by atoms with Crippen molar-refractivity contribution in [2.24, 2.45) is 10.9 Å². The van der Waals surface area contributed by atoms with Gasteiger partial charge in [-0.25, -0.2) is 23.5 Å². The monoisotopic (exact) mass is 622 g/mol. The molecule has 210 valence electrons. The van der Waals surface area contributed by atoms with E-state index in [-0.39, 0.29) is 24.1 Å². The number of hydrogen-bond acceptors (Lipinski definition) is 6. The van der Waals surface area contributed by atoms with Crippen LogP contribution in [0.25, 0.3) is 0 Å². The first kappa shape index (κ1) is 32.2. The molecule has 3 atom stereocenters. The Morgan fingerprint density at radius 2 is 1.95 bits per heavy atom. The molecule has 1 heterocycles. The number of ether oxygens (including phenoxy) is 3. The minimum atomic E-state index is -1.60. The molecule has 1 unspecified atom stereocenters. The third-order valence-electron chi connectivity index (χ3n) is 6.34. The molecule has 0 bridgehead atoms. The summed E-state index contributed by atoms with van der Waals surface area (Å²) in [6.45, 7) is 15.4. The highest BCUT2D eigenvalue weighted by Crippen LogP contribution is 2.52. The number of methoxy groups -OCH3 is 1. The first-order chi connectivity index (χ1) is 17.0. The first-order valence-electron chi connectivity index (χ1n) is 12.4. The van der Waals surface area contributed by atoms with E-state index in [1.165, 1.54) is 22.7 Å². The average Bonchev–Trinajstić information content (AvgIpc) is 2.76. The number of rotatable bonds is 9. The largest absolute Gasteiger partial charge is 0.443 e. The van der Waals surface area contributed by atoms with Crippen LogP contribution in [-0.4, -0.2) is 68.3 Å². The van der Waals surface area contributed by atoms with Crippen molar-refractivity contribution in [3.05, 3.63) is 34.1 Å². The van der Waals surface area contributed by atoms with Crippen LogP contribution < -0.4 is 0 Å². The molecule has 0 aromatic heterocycles. The van der Waals surface area contributed by atoms with Gasteiger partial charge in [0.05, 0.1) is 6.61 Å². The number of amidine groups is 1. The summed E-state index contributed by atoms with van der Waals surface area (Å²) in [5.74, 6) is -1.06. The number of carbonyl (C=O) groups is 1. The van der Waals surface area contributed by atoms with Gasteiger partial charge in [0.15, 0.2) is 5.17 Å². The fraction of sp³-hybridized carbons (Fsp3) is 0.692. The number of nitrogens with zero attached hydrogens (tertiary/aromatic N) is 2. The van der Waals surface area contributed by atoms with Gasteiger partial charge in [0.25, 0.3) is 0 Å². The molecule has 0 saturated heterocycles. The van der Waals surface area contributed by atoms with Crippen LogP contribution in [-0.2, 0) is 19.7 Å². The number of aliphatic imine (C=N–C) groups is 1. The van der Waals surface area contributed by atoms with E-state index in [1.807, 2.05) is 13.8 Å². The molecule has 1 aromatic rings. The van der Waals surface area contributed by atoms with Gasteiger partial charge in [-0.05, 0) is 51.9 Å². The molecule has 11 heteroatoms. The second-order valence-corrected chi connectivity index (χ2v) is 19.9. The van der Waals surface area contributed by atoms with E-state index in [2.05, 4.69) is 35.6 Å². The zero-order chi connectivity index (χ0) is 28.2. The van der Waals surface area contributed by atoms with Gasteiger partial charge in [0.1, 0.15) is 30.4 Å². The number of carbonyl (C=O) groups excluding carboxylic acids is 1. The Balaban J connectivity index is 2.65. The maximum absolute atomic E-state index is 15.2. The molecule has 0 radical (unpaired) electrons. The van der Waals surface area contributed by atoms with E-state index < -0.39 is 48.5 Å². The summed E-state index contributed by atoms with van der Waals surface area (Å²) >= 11 is 4.68. The normalized spacial score (nSPS) is 24.5. The minimum Gasteiger partial charge on any atom is -0.443 e. The van der Waals surface area contributed by atoms with Gasteiger partial charge in [-0.15, -0.1) is 0 Å². The summed E-state index contributed by atoms with van der Waals surface area (Å²) in [4.78, 5) is 19.5. The molecule has 1 aliphatic heterocycles. The van der Waals surface area contributed by atoms with Crippen LogP contribution in [0.2, 0.25) is 25.7 Å². The van der Waals surface area contributed by atoms with Crippen molar-refractivity contribution in [1.29, 1.82) is 0 Å². The molecule has 0 spiro atoms. The van der Waals surface area contributed by atoms with Crippen molar-refractivity contribution in [3.63, 3.8) is 0 Å². The minimum absolute atomic E-state index is 0.112. The van der Waals surface area contributed by atoms with Crippen LogP contribution in [0.4, 0.5) is 13.6 Å². The lowest BCUT2D eigenvalue weighted by Gasteiger charge is -2.49. The van der Waals surface area contributed by atoms with E-state index in [9.17, 15) is 4.79 Å². The Labute approximate surface area is 234 Å². The number of halogens is 3. The quantitative estimate of drug-likeness (QED) is 0.163. The lowest BCUT2D eigenvalue weighted by molar-refractivity contribution is 0.0104. The summed E-state index contributed by atoms with van der Waals surface area (Å²) in [5, 5.41) is 0.205. The molecule has 2 rings (SSSR count). The van der Waals surface area contributed by atoms with Crippen molar-refractivity contribution >= 4 is 47.0 Å². The van der Waals surface area contributed by atoms with E-state index in [0.29, 0.717) is 11.1 Å². The van der Waals surface area contributed by atoms with E-state index in [0.717, 1.165) is 6.04 Å². The lowest BCUT2D eigenvalue weighted by Crippen LogP contribution is -2.55. The molecule has 0 fully saturated rings. The van der Waals surface area contributed by atoms with Crippen LogP contribution >= 0.6 is 27.7 Å². The van der Waals surface area contributed by atoms with Crippen LogP contribution in [0.3, 0.4) is 0 Å². The van der Waals surface area contributed by atoms with Gasteiger partial charge in [0, 0.05) is 42.5 Å². The van der Waals surface area contributed by atoms with E-state index >= 15 is 8.78 Å². The summed E-state index contributed by atoms with van der Waals surface area (Å²) in [5.41, 5.74) is -2.26. The standard InChI is InChI=1S/C26H41BrF2N2O4SSi/c1-18-25(5,16-33-6)36-22(30-26(18,15-28)20-14-19(27)10-11-21(20)29)31(23(32)35-24(2,3)4)17-34-12-13-37(7,8)9/h10-11,14,18H,12-13,15-17H2,1-9H3/t18?,25-,26+/m1/s1. The van der Waals surface area contributed by atoms with Crippen LogP contribution in [0.15, 0.2) is 27.7 Å². The Bertz CT molecular complexity index is 988. The second-order valence-electron chi connectivity index (χ2n) is 11.9. The molecule has 6 nitrogen and oxygen atoms in total. The van der Waals surface area contributed by atoms with Gasteiger partial charge >= 0.3 is 6.09 Å². The summed E-state index contributed by atoms with van der Waals surface area (Å²) in [6.07, 6.45) is -0.663. The predicted octanol–water partition coefficient (Wildman–Crippen LogP) is 7.45. The lowest BCUT2D eigenvalue weighted by atomic mass is 9.73. The zero-order valence-corrected chi connectivity index (χ0v) is 26.8. The highest BCUT2D eigenvalue weighted by atomic mass is 79.9. The number of benzene rings is 1. The Hall–Kier alpha value is -1.01. The molecular weight excluding hydrogens is 582 g/mol. The van der Waals surface area contributed by atoms with Crippen molar-refractivity contribution < 1.29 is 27.8 Å². The summed E-state index contributed by atoms with van der Waals surface area (Å²) in [6, 6.07) is 5.31. The molecular formula is C26H41BrF2N2O4SSi. The van der Waals surface area contributed by atoms with E-state index in [4.69, 9.17) is 19.2 Å². The Morgan fingerprint density at radius 3 is 2.49 bits per heavy atom. The fourth-order valence-electron chi connectivity index (χ4n) is 4.03. The maximum Gasteiger partial charge on any atom is 0.418 e. The van der Waals surface area contributed by atoms with Crippen molar-refractivity contribution in [1.82, 2.24) is 4.90 Å². The fourth-order valence-corrected chi connectivity index (χ4v) is 6.56. The van der Waals surface area contributed by atoms with Crippen LogP contribution in [0.5, 0.6) is 0 Å². The van der Waals surface area contributed by atoms with Gasteiger partial charge in [-0.3, -0.25) is 0 Å². The summed E-state index contributed by atoms with van der Waals surface area (Å²) < 4.78 is 47.4. The summed E-state index contributed by atoms with van der Waals surface area (Å²) in [7, 11) is 0.192. The molecule has 0 N–H and O–H groups in total. The first-order valence-corrected chi connectivity index (χ1v) is 17.7. The molecule has 1 amide bonds. The highest BCUT2D eigenvalue weighted by molar-refractivity contribution is 9.10. The molecule has 37 heavy (non-hydrogen) atoms. The van der Waals surface area contributed by atoms with Crippen LogP contribution in [0.1, 0.15) is 40.2 Å². The predicted molar refractivity (Wildman–Crippen MR) is 153 cm³/mol. The van der Waals surface area contributed by atoms with Crippen molar-refractivity contribution in [3.8, 4) is 0 Å². The maximum atomic E-state index is 15.2. The molecule has 1 aliphatic rings. The third-order valence-corrected chi connectivity index (χ3v) is 9.97. The smallest absolute Gasteiger partial charge is 0.418 e. The van der Waals surface area contributed by atoms with Crippen molar-refractivity contribution in [2.75, 3.05) is 33.7 Å². The SMILES string of the molecule is COC[C@@]1(C)SC(N(COCC[Si](C)(C)C)C(=O)OC(C)(C)C)=N[C@](CF)(c2cc(Br)ccc2F)C1C. The number of hydrogen-bond donors (Lipinski definition) is 0. The second kappa shape index (κ2) is 12.4. The topological polar surface area (TPSA) is 60.4 Å². The Morgan fingerprint density at radius 1 is 1.30 bits per heavy atom. The highest BCUT2D eigenvalue weighted by Gasteiger charge is 2.54. The van der Waals surface area contributed by atoms with E-state index in [1.54, 1.807) is 40.0 Å². The van der Waals surface area contributed by atoms with Gasteiger partial charge < -0.3 is 14.2 Å². The number of alkyl halides is 1.